The summed E-state index contributed by atoms with van der Waals surface area (Å²) in [5.74, 6) is 0.934. The molecule has 8 nitrogen and oxygen atoms in total. The van der Waals surface area contributed by atoms with Gasteiger partial charge in [0.05, 0.1) is 22.0 Å². The fourth-order valence-electron chi connectivity index (χ4n) is 4.23. The summed E-state index contributed by atoms with van der Waals surface area (Å²) in [6.07, 6.45) is 1.81. The average molecular weight is 455 g/mol. The summed E-state index contributed by atoms with van der Waals surface area (Å²) < 4.78 is 30.2. The predicted molar refractivity (Wildman–Crippen MR) is 127 cm³/mol. The van der Waals surface area contributed by atoms with Gasteiger partial charge in [-0.25, -0.2) is 13.4 Å². The molecule has 0 amide bonds. The molecule has 1 fully saturated rings. The zero-order chi connectivity index (χ0) is 23.0. The zero-order valence-electron chi connectivity index (χ0n) is 19.1. The van der Waals surface area contributed by atoms with Crippen LogP contribution in [0.5, 0.6) is 0 Å². The van der Waals surface area contributed by atoms with Gasteiger partial charge in [0.15, 0.2) is 0 Å². The number of piperazine rings is 1. The van der Waals surface area contributed by atoms with Crippen molar-refractivity contribution < 1.29 is 8.42 Å². The number of hydrogen-bond acceptors (Lipinski definition) is 6. The molecule has 2 atom stereocenters. The largest absolute Gasteiger partial charge is 0.354 e. The van der Waals surface area contributed by atoms with Gasteiger partial charge in [-0.15, -0.1) is 0 Å². The third kappa shape index (κ3) is 4.49. The van der Waals surface area contributed by atoms with E-state index in [1.807, 2.05) is 31.3 Å². The summed E-state index contributed by atoms with van der Waals surface area (Å²) in [5, 5.41) is 7.81. The molecule has 1 saturated heterocycles. The average Bonchev–Trinajstić information content (AvgIpc) is 2.99. The van der Waals surface area contributed by atoms with Crippen LogP contribution in [0.25, 0.3) is 11.1 Å². The molecule has 0 aliphatic carbocycles. The Balaban J connectivity index is 1.56. The van der Waals surface area contributed by atoms with E-state index in [1.54, 1.807) is 30.8 Å². The molecule has 2 N–H and O–H groups in total. The molecule has 0 radical (unpaired) electrons. The van der Waals surface area contributed by atoms with E-state index in [1.165, 1.54) is 0 Å². The quantitative estimate of drug-likeness (QED) is 0.616. The SMILES string of the molecule is Cc1nn(C)c(C)c1NS(=O)(=O)c1ccc(-c2ccnc(N3CC(C)NC(C)C3)c2)cc1. The van der Waals surface area contributed by atoms with E-state index >= 15 is 0 Å². The highest BCUT2D eigenvalue weighted by Gasteiger charge is 2.22. The predicted octanol–water partition coefficient (Wildman–Crippen LogP) is 3.09. The summed E-state index contributed by atoms with van der Waals surface area (Å²) in [6, 6.07) is 11.7. The van der Waals surface area contributed by atoms with Crippen molar-refractivity contribution in [2.45, 2.75) is 44.7 Å². The molecule has 2 aromatic heterocycles. The highest BCUT2D eigenvalue weighted by atomic mass is 32.2. The molecule has 1 aromatic carbocycles. The van der Waals surface area contributed by atoms with E-state index in [0.29, 0.717) is 23.5 Å². The van der Waals surface area contributed by atoms with Crippen molar-refractivity contribution in [1.82, 2.24) is 20.1 Å². The minimum absolute atomic E-state index is 0.211. The van der Waals surface area contributed by atoms with E-state index in [0.717, 1.165) is 35.7 Å². The second kappa shape index (κ2) is 8.55. The van der Waals surface area contributed by atoms with Crippen LogP contribution in [0.2, 0.25) is 0 Å². The van der Waals surface area contributed by atoms with Crippen molar-refractivity contribution in [1.29, 1.82) is 0 Å². The van der Waals surface area contributed by atoms with E-state index in [-0.39, 0.29) is 4.90 Å². The Morgan fingerprint density at radius 3 is 2.28 bits per heavy atom. The highest BCUT2D eigenvalue weighted by molar-refractivity contribution is 7.92. The number of benzene rings is 1. The number of anilines is 2. The van der Waals surface area contributed by atoms with Crippen LogP contribution in [-0.2, 0) is 17.1 Å². The van der Waals surface area contributed by atoms with Crippen molar-refractivity contribution in [2.24, 2.45) is 7.05 Å². The van der Waals surface area contributed by atoms with Crippen molar-refractivity contribution in [3.05, 3.63) is 54.0 Å². The Morgan fingerprint density at radius 1 is 1.03 bits per heavy atom. The fraction of sp³-hybridized carbons (Fsp3) is 0.391. The van der Waals surface area contributed by atoms with Crippen LogP contribution in [-0.4, -0.2) is 48.4 Å². The van der Waals surface area contributed by atoms with Gasteiger partial charge < -0.3 is 10.2 Å². The standard InChI is InChI=1S/C23H30N6O2S/c1-15-13-29(14-16(2)25-15)22-12-20(10-11-24-22)19-6-8-21(9-7-19)32(30,31)27-23-17(3)26-28(5)18(23)4/h6-12,15-16,25,27H,13-14H2,1-5H3. The van der Waals surface area contributed by atoms with E-state index in [2.05, 4.69) is 44.9 Å². The zero-order valence-corrected chi connectivity index (χ0v) is 19.9. The third-order valence-corrected chi connectivity index (χ3v) is 7.24. The first-order valence-corrected chi connectivity index (χ1v) is 12.2. The van der Waals surface area contributed by atoms with Gasteiger partial charge in [0, 0.05) is 38.4 Å². The maximum absolute atomic E-state index is 12.9. The summed E-state index contributed by atoms with van der Waals surface area (Å²) in [4.78, 5) is 7.06. The molecular weight excluding hydrogens is 424 g/mol. The maximum atomic E-state index is 12.9. The summed E-state index contributed by atoms with van der Waals surface area (Å²) in [7, 11) is -1.92. The lowest BCUT2D eigenvalue weighted by Crippen LogP contribution is -2.54. The molecule has 0 spiro atoms. The summed E-state index contributed by atoms with van der Waals surface area (Å²) in [5.41, 5.74) is 3.88. The minimum Gasteiger partial charge on any atom is -0.354 e. The minimum atomic E-state index is -3.71. The molecule has 1 aliphatic rings. The molecule has 0 bridgehead atoms. The Hall–Kier alpha value is -2.91. The van der Waals surface area contributed by atoms with Gasteiger partial charge in [-0.05, 0) is 63.1 Å². The molecule has 2 unspecified atom stereocenters. The van der Waals surface area contributed by atoms with Crippen molar-refractivity contribution >= 4 is 21.5 Å². The number of nitrogens with one attached hydrogen (secondary N) is 2. The van der Waals surface area contributed by atoms with Crippen LogP contribution in [0.1, 0.15) is 25.2 Å². The fourth-order valence-corrected chi connectivity index (χ4v) is 5.40. The number of aryl methyl sites for hydroxylation is 2. The van der Waals surface area contributed by atoms with Gasteiger partial charge in [0.25, 0.3) is 10.0 Å². The smallest absolute Gasteiger partial charge is 0.262 e. The van der Waals surface area contributed by atoms with Crippen LogP contribution >= 0.6 is 0 Å². The molecule has 1 aliphatic heterocycles. The van der Waals surface area contributed by atoms with Crippen LogP contribution in [0.3, 0.4) is 0 Å². The molecular formula is C23H30N6O2S. The Bertz CT molecular complexity index is 1210. The number of rotatable bonds is 5. The second-order valence-corrected chi connectivity index (χ2v) is 10.3. The topological polar surface area (TPSA) is 92.1 Å². The molecule has 4 rings (SSSR count). The van der Waals surface area contributed by atoms with Gasteiger partial charge >= 0.3 is 0 Å². The number of pyridine rings is 1. The Labute approximate surface area is 189 Å². The third-order valence-electron chi connectivity index (χ3n) is 5.87. The molecule has 9 heteroatoms. The number of aromatic nitrogens is 3. The monoisotopic (exact) mass is 454 g/mol. The van der Waals surface area contributed by atoms with Crippen LogP contribution in [0.4, 0.5) is 11.5 Å². The van der Waals surface area contributed by atoms with Gasteiger partial charge in [0.2, 0.25) is 0 Å². The Kier molecular flexibility index (Phi) is 5.96. The van der Waals surface area contributed by atoms with Gasteiger partial charge in [-0.2, -0.15) is 5.10 Å². The molecule has 32 heavy (non-hydrogen) atoms. The van der Waals surface area contributed by atoms with Crippen LogP contribution < -0.4 is 14.9 Å². The lowest BCUT2D eigenvalue weighted by atomic mass is 10.1. The summed E-state index contributed by atoms with van der Waals surface area (Å²) in [6.45, 7) is 9.77. The summed E-state index contributed by atoms with van der Waals surface area (Å²) >= 11 is 0. The number of sulfonamides is 1. The maximum Gasteiger partial charge on any atom is 0.262 e. The number of hydrogen-bond donors (Lipinski definition) is 2. The normalized spacial score (nSPS) is 19.2. The van der Waals surface area contributed by atoms with E-state index in [4.69, 9.17) is 0 Å². The first-order valence-electron chi connectivity index (χ1n) is 10.7. The van der Waals surface area contributed by atoms with E-state index < -0.39 is 10.0 Å². The lowest BCUT2D eigenvalue weighted by molar-refractivity contribution is 0.405. The van der Waals surface area contributed by atoms with Crippen molar-refractivity contribution in [2.75, 3.05) is 22.7 Å². The lowest BCUT2D eigenvalue weighted by Gasteiger charge is -2.37. The van der Waals surface area contributed by atoms with Crippen molar-refractivity contribution in [3.63, 3.8) is 0 Å². The van der Waals surface area contributed by atoms with E-state index in [9.17, 15) is 8.42 Å². The number of nitrogens with zero attached hydrogens (tertiary/aromatic N) is 4. The van der Waals surface area contributed by atoms with Gasteiger partial charge in [0.1, 0.15) is 5.82 Å². The Morgan fingerprint density at radius 2 is 1.69 bits per heavy atom. The first kappa shape index (κ1) is 22.3. The highest BCUT2D eigenvalue weighted by Crippen LogP contribution is 2.27. The van der Waals surface area contributed by atoms with Gasteiger partial charge in [-0.3, -0.25) is 9.40 Å². The van der Waals surface area contributed by atoms with Crippen molar-refractivity contribution in [3.8, 4) is 11.1 Å². The van der Waals surface area contributed by atoms with Crippen LogP contribution in [0, 0.1) is 13.8 Å². The molecule has 170 valence electrons. The van der Waals surface area contributed by atoms with Gasteiger partial charge in [-0.1, -0.05) is 12.1 Å². The molecule has 3 heterocycles. The molecule has 3 aromatic rings. The second-order valence-electron chi connectivity index (χ2n) is 8.58. The first-order chi connectivity index (χ1) is 15.1. The van der Waals surface area contributed by atoms with Crippen LogP contribution in [0.15, 0.2) is 47.5 Å². The molecule has 0 saturated carbocycles.